The number of hydrogen-bond acceptors (Lipinski definition) is 3. The van der Waals surface area contributed by atoms with E-state index >= 15 is 0 Å². The molecule has 1 aliphatic carbocycles. The van der Waals surface area contributed by atoms with E-state index in [4.69, 9.17) is 14.2 Å². The number of rotatable bonds is 11. The lowest BCUT2D eigenvalue weighted by Crippen LogP contribution is -2.22. The standard InChI is InChI=1S/C31H35F3O3/c1-3-5-18-36-25-13-10-23(11-14-25)26-15-17-29(31(34)30(26)33)37-20-21-6-8-22(9-7-21)24-12-16-28(35-4-2)27(32)19-24/h6-9,12,15-17,19,23,25H,3-5,10-11,13-14,18,20H2,1-2H3. The Morgan fingerprint density at radius 3 is 2.14 bits per heavy atom. The third kappa shape index (κ3) is 6.86. The van der Waals surface area contributed by atoms with Crippen molar-refractivity contribution in [1.29, 1.82) is 0 Å². The summed E-state index contributed by atoms with van der Waals surface area (Å²) in [6, 6.07) is 15.4. The topological polar surface area (TPSA) is 27.7 Å². The highest BCUT2D eigenvalue weighted by atomic mass is 19.2. The number of unbranched alkanes of at least 4 members (excludes halogenated alkanes) is 1. The van der Waals surface area contributed by atoms with Gasteiger partial charge >= 0.3 is 0 Å². The van der Waals surface area contributed by atoms with Crippen LogP contribution in [0.4, 0.5) is 13.2 Å². The Labute approximate surface area is 217 Å². The van der Waals surface area contributed by atoms with Crippen LogP contribution in [0.15, 0.2) is 54.6 Å². The molecule has 0 heterocycles. The summed E-state index contributed by atoms with van der Waals surface area (Å²) in [5.74, 6) is -2.06. The molecule has 198 valence electrons. The molecule has 3 nitrogen and oxygen atoms in total. The molecular weight excluding hydrogens is 477 g/mol. The highest BCUT2D eigenvalue weighted by Crippen LogP contribution is 2.37. The van der Waals surface area contributed by atoms with Crippen LogP contribution >= 0.6 is 0 Å². The van der Waals surface area contributed by atoms with Gasteiger partial charge in [-0.2, -0.15) is 4.39 Å². The van der Waals surface area contributed by atoms with E-state index in [-0.39, 0.29) is 30.1 Å². The average Bonchev–Trinajstić information content (AvgIpc) is 2.92. The van der Waals surface area contributed by atoms with Crippen LogP contribution in [0.2, 0.25) is 0 Å². The third-order valence-electron chi connectivity index (χ3n) is 6.96. The lowest BCUT2D eigenvalue weighted by Gasteiger charge is -2.29. The first-order chi connectivity index (χ1) is 18.0. The van der Waals surface area contributed by atoms with E-state index in [0.29, 0.717) is 12.2 Å². The summed E-state index contributed by atoms with van der Waals surface area (Å²) in [5, 5.41) is 0. The first kappa shape index (κ1) is 27.1. The van der Waals surface area contributed by atoms with Gasteiger partial charge in [0, 0.05) is 6.61 Å². The van der Waals surface area contributed by atoms with Crippen molar-refractivity contribution in [2.45, 2.75) is 71.0 Å². The zero-order valence-corrected chi connectivity index (χ0v) is 21.6. The molecule has 4 rings (SSSR count). The predicted molar refractivity (Wildman–Crippen MR) is 140 cm³/mol. The van der Waals surface area contributed by atoms with Gasteiger partial charge in [0.15, 0.2) is 23.1 Å². The summed E-state index contributed by atoms with van der Waals surface area (Å²) >= 11 is 0. The number of hydrogen-bond donors (Lipinski definition) is 0. The second-order valence-electron chi connectivity index (χ2n) is 9.54. The fourth-order valence-corrected chi connectivity index (χ4v) is 4.82. The molecule has 6 heteroatoms. The predicted octanol–water partition coefficient (Wildman–Crippen LogP) is 8.59. The van der Waals surface area contributed by atoms with Crippen molar-refractivity contribution < 1.29 is 27.4 Å². The van der Waals surface area contributed by atoms with Gasteiger partial charge in [0.1, 0.15) is 6.61 Å². The van der Waals surface area contributed by atoms with Gasteiger partial charge in [0.25, 0.3) is 0 Å². The van der Waals surface area contributed by atoms with Crippen LogP contribution in [-0.4, -0.2) is 19.3 Å². The Balaban J connectivity index is 1.34. The quantitative estimate of drug-likeness (QED) is 0.241. The van der Waals surface area contributed by atoms with Crippen LogP contribution in [0.1, 0.15) is 69.4 Å². The molecule has 1 saturated carbocycles. The molecule has 3 aromatic carbocycles. The van der Waals surface area contributed by atoms with Gasteiger partial charge in [0.2, 0.25) is 5.82 Å². The van der Waals surface area contributed by atoms with Crippen molar-refractivity contribution in [2.24, 2.45) is 0 Å². The Morgan fingerprint density at radius 2 is 1.46 bits per heavy atom. The Kier molecular flexibility index (Phi) is 9.51. The number of ether oxygens (including phenoxy) is 3. The van der Waals surface area contributed by atoms with Gasteiger partial charge in [-0.1, -0.05) is 49.7 Å². The normalized spacial score (nSPS) is 17.5. The second-order valence-corrected chi connectivity index (χ2v) is 9.54. The SMILES string of the molecule is CCCCOC1CCC(c2ccc(OCc3ccc(-c4ccc(OCC)c(F)c4)cc3)c(F)c2F)CC1. The van der Waals surface area contributed by atoms with Crippen LogP contribution < -0.4 is 9.47 Å². The van der Waals surface area contributed by atoms with Crippen LogP contribution in [0.3, 0.4) is 0 Å². The lowest BCUT2D eigenvalue weighted by molar-refractivity contribution is 0.0230. The maximum absolute atomic E-state index is 14.9. The highest BCUT2D eigenvalue weighted by molar-refractivity contribution is 5.64. The summed E-state index contributed by atoms with van der Waals surface area (Å²) in [6.45, 7) is 5.19. The smallest absolute Gasteiger partial charge is 0.200 e. The lowest BCUT2D eigenvalue weighted by atomic mass is 9.82. The van der Waals surface area contributed by atoms with Crippen LogP contribution in [0, 0.1) is 17.5 Å². The maximum Gasteiger partial charge on any atom is 0.200 e. The number of halogens is 3. The minimum absolute atomic E-state index is 0.00504. The monoisotopic (exact) mass is 512 g/mol. The van der Waals surface area contributed by atoms with Crippen molar-refractivity contribution in [1.82, 2.24) is 0 Å². The van der Waals surface area contributed by atoms with E-state index in [9.17, 15) is 13.2 Å². The molecule has 0 N–H and O–H groups in total. The van der Waals surface area contributed by atoms with Crippen molar-refractivity contribution in [3.8, 4) is 22.6 Å². The molecule has 0 spiro atoms. The van der Waals surface area contributed by atoms with Crippen molar-refractivity contribution in [3.63, 3.8) is 0 Å². The molecule has 0 unspecified atom stereocenters. The van der Waals surface area contributed by atoms with Gasteiger partial charge in [-0.3, -0.25) is 0 Å². The molecule has 0 radical (unpaired) electrons. The fourth-order valence-electron chi connectivity index (χ4n) is 4.82. The van der Waals surface area contributed by atoms with E-state index in [1.54, 1.807) is 25.1 Å². The van der Waals surface area contributed by atoms with Crippen LogP contribution in [0.25, 0.3) is 11.1 Å². The Hall–Kier alpha value is -2.99. The molecule has 3 aromatic rings. The molecule has 0 bridgehead atoms. The van der Waals surface area contributed by atoms with E-state index in [1.165, 1.54) is 12.1 Å². The minimum atomic E-state index is -0.944. The third-order valence-corrected chi connectivity index (χ3v) is 6.96. The zero-order chi connectivity index (χ0) is 26.2. The summed E-state index contributed by atoms with van der Waals surface area (Å²) in [6.07, 6.45) is 5.69. The number of benzene rings is 3. The molecule has 0 amide bonds. The first-order valence-corrected chi connectivity index (χ1v) is 13.2. The summed E-state index contributed by atoms with van der Waals surface area (Å²) in [4.78, 5) is 0. The average molecular weight is 513 g/mol. The molecule has 1 aliphatic rings. The van der Waals surface area contributed by atoms with Gasteiger partial charge in [-0.25, -0.2) is 8.78 Å². The molecule has 0 atom stereocenters. The fraction of sp³-hybridized carbons (Fsp3) is 0.419. The maximum atomic E-state index is 14.9. The first-order valence-electron chi connectivity index (χ1n) is 13.2. The van der Waals surface area contributed by atoms with Crippen LogP contribution in [0.5, 0.6) is 11.5 Å². The Bertz CT molecular complexity index is 1160. The van der Waals surface area contributed by atoms with E-state index in [0.717, 1.165) is 61.8 Å². The summed E-state index contributed by atoms with van der Waals surface area (Å²) in [5.41, 5.74) is 2.76. The molecule has 0 aliphatic heterocycles. The minimum Gasteiger partial charge on any atom is -0.491 e. The molecule has 0 aromatic heterocycles. The molecule has 1 fully saturated rings. The van der Waals surface area contributed by atoms with Crippen molar-refractivity contribution >= 4 is 0 Å². The van der Waals surface area contributed by atoms with E-state index < -0.39 is 17.5 Å². The Morgan fingerprint density at radius 1 is 0.757 bits per heavy atom. The van der Waals surface area contributed by atoms with E-state index in [1.807, 2.05) is 24.3 Å². The van der Waals surface area contributed by atoms with Gasteiger partial charge in [-0.05, 0) is 85.4 Å². The zero-order valence-electron chi connectivity index (χ0n) is 21.6. The van der Waals surface area contributed by atoms with Gasteiger partial charge < -0.3 is 14.2 Å². The molecular formula is C31H35F3O3. The van der Waals surface area contributed by atoms with Crippen molar-refractivity contribution in [3.05, 3.63) is 83.2 Å². The van der Waals surface area contributed by atoms with Crippen molar-refractivity contribution in [2.75, 3.05) is 13.2 Å². The van der Waals surface area contributed by atoms with Crippen LogP contribution in [-0.2, 0) is 11.3 Å². The summed E-state index contributed by atoms with van der Waals surface area (Å²) < 4.78 is 60.7. The molecule has 0 saturated heterocycles. The highest BCUT2D eigenvalue weighted by Gasteiger charge is 2.27. The largest absolute Gasteiger partial charge is 0.491 e. The van der Waals surface area contributed by atoms with Gasteiger partial charge in [-0.15, -0.1) is 0 Å². The summed E-state index contributed by atoms with van der Waals surface area (Å²) in [7, 11) is 0. The van der Waals surface area contributed by atoms with Gasteiger partial charge in [0.05, 0.1) is 12.7 Å². The van der Waals surface area contributed by atoms with E-state index in [2.05, 4.69) is 6.92 Å². The molecule has 37 heavy (non-hydrogen) atoms. The second kappa shape index (κ2) is 13.0.